The highest BCUT2D eigenvalue weighted by Gasteiger charge is 2.30. The molecule has 0 bridgehead atoms. The third kappa shape index (κ3) is 7.16. The average molecular weight is 485 g/mol. The lowest BCUT2D eigenvalue weighted by atomic mass is 10.2. The number of hydrogen-bond donors (Lipinski definition) is 2. The molecule has 0 aromatic heterocycles. The van der Waals surface area contributed by atoms with Crippen LogP contribution in [-0.2, 0) is 15.8 Å². The van der Waals surface area contributed by atoms with Crippen LogP contribution in [0.3, 0.4) is 0 Å². The minimum absolute atomic E-state index is 0.00788. The predicted octanol–water partition coefficient (Wildman–Crippen LogP) is 4.02. The molecule has 0 fully saturated rings. The maximum absolute atomic E-state index is 12.6. The Labute approximate surface area is 197 Å². The van der Waals surface area contributed by atoms with E-state index in [1.165, 1.54) is 19.4 Å². The van der Waals surface area contributed by atoms with E-state index in [1.54, 1.807) is 42.5 Å². The summed E-state index contributed by atoms with van der Waals surface area (Å²) in [5, 5.41) is 5.82. The van der Waals surface area contributed by atoms with Crippen LogP contribution in [0.1, 0.15) is 21.5 Å². The summed E-state index contributed by atoms with van der Waals surface area (Å²) in [5.41, 5.74) is 1.89. The van der Waals surface area contributed by atoms with Gasteiger partial charge in [-0.25, -0.2) is 10.2 Å². The number of nitrogens with zero attached hydrogens (tertiary/aromatic N) is 1. The van der Waals surface area contributed by atoms with Crippen LogP contribution in [-0.4, -0.2) is 31.1 Å². The van der Waals surface area contributed by atoms with E-state index in [0.717, 1.165) is 24.3 Å². The van der Waals surface area contributed by atoms with Gasteiger partial charge < -0.3 is 14.8 Å². The molecule has 11 heteroatoms. The number of carbonyl (C=O) groups excluding carboxylic acids is 3. The third-order valence-electron chi connectivity index (χ3n) is 4.45. The van der Waals surface area contributed by atoms with Gasteiger partial charge in [0.05, 0.1) is 24.5 Å². The third-order valence-corrected chi connectivity index (χ3v) is 4.45. The van der Waals surface area contributed by atoms with E-state index in [4.69, 9.17) is 9.47 Å². The van der Waals surface area contributed by atoms with Crippen molar-refractivity contribution in [2.24, 2.45) is 5.10 Å². The van der Waals surface area contributed by atoms with Crippen molar-refractivity contribution in [2.45, 2.75) is 6.18 Å². The van der Waals surface area contributed by atoms with Crippen molar-refractivity contribution in [3.63, 3.8) is 0 Å². The monoisotopic (exact) mass is 485 g/mol. The lowest BCUT2D eigenvalue weighted by molar-refractivity contribution is -0.137. The lowest BCUT2D eigenvalue weighted by Crippen LogP contribution is -2.32. The van der Waals surface area contributed by atoms with Gasteiger partial charge in [-0.2, -0.15) is 18.3 Å². The maximum Gasteiger partial charge on any atom is 0.416 e. The zero-order valence-electron chi connectivity index (χ0n) is 18.1. The molecule has 0 aliphatic heterocycles. The number of alkyl halides is 3. The van der Waals surface area contributed by atoms with E-state index in [2.05, 4.69) is 10.4 Å². The van der Waals surface area contributed by atoms with Crippen molar-refractivity contribution < 1.29 is 37.0 Å². The Morgan fingerprint density at radius 3 is 2.20 bits per heavy atom. The van der Waals surface area contributed by atoms with Crippen molar-refractivity contribution in [2.75, 3.05) is 12.4 Å². The van der Waals surface area contributed by atoms with Gasteiger partial charge in [0.2, 0.25) is 0 Å². The molecule has 2 N–H and O–H groups in total. The summed E-state index contributed by atoms with van der Waals surface area (Å²) in [7, 11) is 1.51. The molecule has 0 aliphatic carbocycles. The predicted molar refractivity (Wildman–Crippen MR) is 120 cm³/mol. The number of halogens is 3. The van der Waals surface area contributed by atoms with E-state index < -0.39 is 29.5 Å². The number of hydrazone groups is 1. The molecule has 0 spiro atoms. The number of esters is 1. The molecule has 0 atom stereocenters. The Balaban J connectivity index is 1.54. The van der Waals surface area contributed by atoms with Crippen LogP contribution in [0.4, 0.5) is 18.9 Å². The molecule has 0 saturated carbocycles. The van der Waals surface area contributed by atoms with Crippen LogP contribution >= 0.6 is 0 Å². The number of benzene rings is 3. The minimum atomic E-state index is -4.51. The van der Waals surface area contributed by atoms with Crippen LogP contribution < -0.4 is 20.2 Å². The molecule has 0 radical (unpaired) electrons. The molecule has 0 unspecified atom stereocenters. The van der Waals surface area contributed by atoms with Crippen molar-refractivity contribution in [3.05, 3.63) is 89.5 Å². The summed E-state index contributed by atoms with van der Waals surface area (Å²) < 4.78 is 48.1. The molecular weight excluding hydrogens is 467 g/mol. The molecule has 3 aromatic rings. The van der Waals surface area contributed by atoms with Crippen LogP contribution in [0.15, 0.2) is 77.9 Å². The second-order valence-electron chi connectivity index (χ2n) is 6.92. The summed E-state index contributed by atoms with van der Waals surface area (Å²) in [4.78, 5) is 36.1. The molecule has 180 valence electrons. The molecule has 3 aromatic carbocycles. The van der Waals surface area contributed by atoms with Gasteiger partial charge in [-0.3, -0.25) is 9.59 Å². The first kappa shape index (κ1) is 25.0. The topological polar surface area (TPSA) is 106 Å². The summed E-state index contributed by atoms with van der Waals surface area (Å²) in [6.45, 7) is 0. The number of methoxy groups -OCH3 is 1. The fraction of sp³-hybridized carbons (Fsp3) is 0.0833. The quantitative estimate of drug-likeness (QED) is 0.180. The molecule has 0 saturated heterocycles. The number of nitrogens with one attached hydrogen (secondary N) is 2. The van der Waals surface area contributed by atoms with Gasteiger partial charge in [0.15, 0.2) is 0 Å². The second-order valence-corrected chi connectivity index (χ2v) is 6.92. The Hall–Kier alpha value is -4.67. The molecule has 2 amide bonds. The zero-order chi connectivity index (χ0) is 25.4. The first-order valence-electron chi connectivity index (χ1n) is 9.93. The molecule has 8 nitrogen and oxygen atoms in total. The van der Waals surface area contributed by atoms with Gasteiger partial charge in [0.1, 0.15) is 11.5 Å². The van der Waals surface area contributed by atoms with Crippen LogP contribution in [0.25, 0.3) is 0 Å². The number of rotatable bonds is 6. The lowest BCUT2D eigenvalue weighted by Gasteiger charge is -2.08. The first-order valence-corrected chi connectivity index (χ1v) is 9.93. The highest BCUT2D eigenvalue weighted by molar-refractivity contribution is 6.39. The van der Waals surface area contributed by atoms with Gasteiger partial charge in [0.25, 0.3) is 0 Å². The first-order chi connectivity index (χ1) is 16.7. The Bertz CT molecular complexity index is 1240. The standard InChI is InChI=1S/C24H18F3N3O5/c1-34-19-11-5-16(6-12-19)23(33)35-20-4-2-3-15(13-20)14-28-30-22(32)21(31)29-18-9-7-17(8-10-18)24(25,26)27/h2-14H,1H3,(H,29,31)(H,30,32). The Morgan fingerprint density at radius 1 is 0.886 bits per heavy atom. The molecule has 35 heavy (non-hydrogen) atoms. The van der Waals surface area contributed by atoms with E-state index >= 15 is 0 Å². The number of anilines is 1. The fourth-order valence-corrected chi connectivity index (χ4v) is 2.70. The second kappa shape index (κ2) is 11.0. The van der Waals surface area contributed by atoms with Crippen molar-refractivity contribution in [1.29, 1.82) is 0 Å². The van der Waals surface area contributed by atoms with E-state index in [1.807, 2.05) is 5.43 Å². The smallest absolute Gasteiger partial charge is 0.416 e. The van der Waals surface area contributed by atoms with Crippen molar-refractivity contribution in [1.82, 2.24) is 5.43 Å². The summed E-state index contributed by atoms with van der Waals surface area (Å²) in [6.07, 6.45) is -3.30. The average Bonchev–Trinajstić information content (AvgIpc) is 2.84. The maximum atomic E-state index is 12.6. The van der Waals surface area contributed by atoms with E-state index in [0.29, 0.717) is 16.9 Å². The number of ether oxygens (including phenoxy) is 2. The largest absolute Gasteiger partial charge is 0.497 e. The molecule has 0 aliphatic rings. The van der Waals surface area contributed by atoms with Crippen molar-refractivity contribution in [3.8, 4) is 11.5 Å². The van der Waals surface area contributed by atoms with Crippen LogP contribution in [0.5, 0.6) is 11.5 Å². The number of carbonyl (C=O) groups is 3. The van der Waals surface area contributed by atoms with Gasteiger partial charge in [0, 0.05) is 5.69 Å². The van der Waals surface area contributed by atoms with Crippen LogP contribution in [0, 0.1) is 0 Å². The number of amides is 2. The van der Waals surface area contributed by atoms with Gasteiger partial charge >= 0.3 is 24.0 Å². The SMILES string of the molecule is COc1ccc(C(=O)Oc2cccc(C=NNC(=O)C(=O)Nc3ccc(C(F)(F)F)cc3)c2)cc1. The normalized spacial score (nSPS) is 11.1. The molecule has 3 rings (SSSR count). The van der Waals surface area contributed by atoms with Crippen LogP contribution in [0.2, 0.25) is 0 Å². The summed E-state index contributed by atoms with van der Waals surface area (Å²) in [5.74, 6) is -2.03. The Morgan fingerprint density at radius 2 is 1.57 bits per heavy atom. The van der Waals surface area contributed by atoms with Crippen molar-refractivity contribution >= 4 is 29.7 Å². The summed E-state index contributed by atoms with van der Waals surface area (Å²) >= 11 is 0. The molecular formula is C24H18F3N3O5. The highest BCUT2D eigenvalue weighted by atomic mass is 19.4. The Kier molecular flexibility index (Phi) is 7.82. The minimum Gasteiger partial charge on any atom is -0.497 e. The van der Waals surface area contributed by atoms with E-state index in [9.17, 15) is 27.6 Å². The fourth-order valence-electron chi connectivity index (χ4n) is 2.70. The molecule has 0 heterocycles. The van der Waals surface area contributed by atoms with E-state index in [-0.39, 0.29) is 11.4 Å². The zero-order valence-corrected chi connectivity index (χ0v) is 18.1. The highest BCUT2D eigenvalue weighted by Crippen LogP contribution is 2.29. The van der Waals surface area contributed by atoms with Gasteiger partial charge in [-0.05, 0) is 66.2 Å². The number of hydrogen-bond acceptors (Lipinski definition) is 6. The summed E-state index contributed by atoms with van der Waals surface area (Å²) in [6, 6.07) is 16.2. The van der Waals surface area contributed by atoms with Gasteiger partial charge in [-0.15, -0.1) is 0 Å². The van der Waals surface area contributed by atoms with Gasteiger partial charge in [-0.1, -0.05) is 12.1 Å².